The van der Waals surface area contributed by atoms with Gasteiger partial charge in [0, 0.05) is 23.1 Å². The third-order valence-corrected chi connectivity index (χ3v) is 4.15. The first-order valence-corrected chi connectivity index (χ1v) is 7.19. The lowest BCUT2D eigenvalue weighted by molar-refractivity contribution is -0.122. The van der Waals surface area contributed by atoms with Crippen LogP contribution in [0.5, 0.6) is 0 Å². The van der Waals surface area contributed by atoms with Gasteiger partial charge in [0.2, 0.25) is 11.8 Å². The highest BCUT2D eigenvalue weighted by atomic mass is 16.2. The van der Waals surface area contributed by atoms with Crippen molar-refractivity contribution in [2.75, 3.05) is 5.32 Å². The molecule has 1 saturated heterocycles. The minimum Gasteiger partial charge on any atom is -0.344 e. The average molecular weight is 299 g/mol. The molecule has 1 aromatic heterocycles. The Bertz CT molecular complexity index is 838. The molecule has 6 heteroatoms. The van der Waals surface area contributed by atoms with Crippen molar-refractivity contribution in [3.63, 3.8) is 0 Å². The first kappa shape index (κ1) is 14.3. The van der Waals surface area contributed by atoms with Gasteiger partial charge >= 0.3 is 0 Å². The van der Waals surface area contributed by atoms with Crippen LogP contribution in [0.1, 0.15) is 24.0 Å². The van der Waals surface area contributed by atoms with Crippen LogP contribution >= 0.6 is 0 Å². The number of carbonyl (C=O) groups is 2. The number of anilines is 1. The summed E-state index contributed by atoms with van der Waals surface area (Å²) in [6.45, 7) is 3.69. The smallest absolute Gasteiger partial charge is 0.251 e. The Balaban J connectivity index is 1.89. The van der Waals surface area contributed by atoms with Gasteiger partial charge in [-0.05, 0) is 38.0 Å². The first-order valence-electron chi connectivity index (χ1n) is 7.19. The summed E-state index contributed by atoms with van der Waals surface area (Å²) in [5.41, 5.74) is 2.77. The first-order chi connectivity index (χ1) is 10.5. The molecule has 1 fully saturated rings. The molecule has 2 amide bonds. The van der Waals surface area contributed by atoms with Gasteiger partial charge in [0.05, 0.1) is 5.52 Å². The number of aromatic nitrogens is 1. The van der Waals surface area contributed by atoms with Crippen molar-refractivity contribution in [3.05, 3.63) is 39.7 Å². The number of hydrogen-bond donors (Lipinski definition) is 3. The highest BCUT2D eigenvalue weighted by Gasteiger charge is 2.27. The highest BCUT2D eigenvalue weighted by Crippen LogP contribution is 2.21. The number of fused-ring (bicyclic) bond motifs is 1. The van der Waals surface area contributed by atoms with Crippen molar-refractivity contribution < 1.29 is 9.59 Å². The van der Waals surface area contributed by atoms with Gasteiger partial charge in [-0.1, -0.05) is 6.07 Å². The summed E-state index contributed by atoms with van der Waals surface area (Å²) in [5.74, 6) is -0.342. The van der Waals surface area contributed by atoms with Crippen LogP contribution in [0.4, 0.5) is 5.69 Å². The van der Waals surface area contributed by atoms with Gasteiger partial charge in [0.1, 0.15) is 6.04 Å². The van der Waals surface area contributed by atoms with E-state index >= 15 is 0 Å². The molecule has 3 rings (SSSR count). The zero-order valence-electron chi connectivity index (χ0n) is 12.4. The second kappa shape index (κ2) is 5.29. The van der Waals surface area contributed by atoms with Gasteiger partial charge in [-0.25, -0.2) is 0 Å². The molecular weight excluding hydrogens is 282 g/mol. The van der Waals surface area contributed by atoms with E-state index in [9.17, 15) is 14.4 Å². The summed E-state index contributed by atoms with van der Waals surface area (Å²) >= 11 is 0. The Labute approximate surface area is 126 Å². The Hall–Kier alpha value is -2.63. The molecular formula is C16H17N3O3. The molecule has 0 aliphatic carbocycles. The predicted molar refractivity (Wildman–Crippen MR) is 83.8 cm³/mol. The molecule has 1 aliphatic rings. The molecule has 0 bridgehead atoms. The van der Waals surface area contributed by atoms with E-state index in [0.717, 1.165) is 10.9 Å². The Morgan fingerprint density at radius 3 is 2.68 bits per heavy atom. The normalized spacial score (nSPS) is 17.5. The fourth-order valence-electron chi connectivity index (χ4n) is 2.68. The monoisotopic (exact) mass is 299 g/mol. The van der Waals surface area contributed by atoms with Crippen LogP contribution in [0, 0.1) is 13.8 Å². The van der Waals surface area contributed by atoms with Crippen LogP contribution in [0.25, 0.3) is 10.9 Å². The molecule has 0 radical (unpaired) electrons. The number of benzene rings is 1. The van der Waals surface area contributed by atoms with Crippen molar-refractivity contribution >= 4 is 28.4 Å². The van der Waals surface area contributed by atoms with Crippen LogP contribution in [0.3, 0.4) is 0 Å². The largest absolute Gasteiger partial charge is 0.344 e. The van der Waals surface area contributed by atoms with Gasteiger partial charge in [0.15, 0.2) is 0 Å². The van der Waals surface area contributed by atoms with E-state index in [1.807, 2.05) is 13.0 Å². The molecule has 2 heterocycles. The molecule has 1 unspecified atom stereocenters. The molecule has 0 spiro atoms. The van der Waals surface area contributed by atoms with Crippen molar-refractivity contribution in [3.8, 4) is 0 Å². The van der Waals surface area contributed by atoms with Gasteiger partial charge in [-0.15, -0.1) is 0 Å². The summed E-state index contributed by atoms with van der Waals surface area (Å²) in [6.07, 6.45) is 0.884. The summed E-state index contributed by atoms with van der Waals surface area (Å²) in [5, 5.41) is 6.35. The summed E-state index contributed by atoms with van der Waals surface area (Å²) in [6, 6.07) is 4.91. The quantitative estimate of drug-likeness (QED) is 0.782. The topological polar surface area (TPSA) is 91.1 Å². The molecule has 22 heavy (non-hydrogen) atoms. The second-order valence-electron chi connectivity index (χ2n) is 5.61. The molecule has 1 atom stereocenters. The van der Waals surface area contributed by atoms with Crippen LogP contribution in [-0.4, -0.2) is 22.8 Å². The Morgan fingerprint density at radius 2 is 2.00 bits per heavy atom. The Morgan fingerprint density at radius 1 is 1.23 bits per heavy atom. The van der Waals surface area contributed by atoms with Crippen molar-refractivity contribution in [2.24, 2.45) is 0 Å². The van der Waals surface area contributed by atoms with E-state index in [0.29, 0.717) is 29.6 Å². The average Bonchev–Trinajstić information content (AvgIpc) is 2.91. The van der Waals surface area contributed by atoms with E-state index in [1.165, 1.54) is 0 Å². The SMILES string of the molecule is Cc1c(C)c2ccc(NC(=O)C3CCC(=O)N3)cc2[nH]c1=O. The van der Waals surface area contributed by atoms with Crippen molar-refractivity contribution in [2.45, 2.75) is 32.7 Å². The van der Waals surface area contributed by atoms with Crippen LogP contribution in [0.2, 0.25) is 0 Å². The maximum absolute atomic E-state index is 12.1. The molecule has 1 aromatic carbocycles. The third kappa shape index (κ3) is 2.47. The predicted octanol–water partition coefficient (Wildman–Crippen LogP) is 1.36. The number of aromatic amines is 1. The number of nitrogens with one attached hydrogen (secondary N) is 3. The fraction of sp³-hybridized carbons (Fsp3) is 0.312. The lowest BCUT2D eigenvalue weighted by Crippen LogP contribution is -2.37. The van der Waals surface area contributed by atoms with Crippen molar-refractivity contribution in [1.82, 2.24) is 10.3 Å². The van der Waals surface area contributed by atoms with Gasteiger partial charge in [0.25, 0.3) is 5.56 Å². The maximum atomic E-state index is 12.1. The van der Waals surface area contributed by atoms with Crippen LogP contribution in [0.15, 0.2) is 23.0 Å². The Kier molecular flexibility index (Phi) is 3.44. The summed E-state index contributed by atoms with van der Waals surface area (Å²) in [4.78, 5) is 37.9. The number of rotatable bonds is 2. The van der Waals surface area contributed by atoms with Gasteiger partial charge in [-0.3, -0.25) is 14.4 Å². The lowest BCUT2D eigenvalue weighted by atomic mass is 10.1. The number of amides is 2. The molecule has 0 saturated carbocycles. The number of pyridine rings is 1. The molecule has 1 aliphatic heterocycles. The van der Waals surface area contributed by atoms with E-state index in [-0.39, 0.29) is 17.4 Å². The maximum Gasteiger partial charge on any atom is 0.251 e. The zero-order chi connectivity index (χ0) is 15.9. The highest BCUT2D eigenvalue weighted by molar-refractivity contribution is 6.00. The number of carbonyl (C=O) groups excluding carboxylic acids is 2. The van der Waals surface area contributed by atoms with Crippen molar-refractivity contribution in [1.29, 1.82) is 0 Å². The van der Waals surface area contributed by atoms with E-state index in [1.54, 1.807) is 19.1 Å². The van der Waals surface area contributed by atoms with E-state index in [2.05, 4.69) is 15.6 Å². The number of hydrogen-bond acceptors (Lipinski definition) is 3. The van der Waals surface area contributed by atoms with E-state index < -0.39 is 6.04 Å². The third-order valence-electron chi connectivity index (χ3n) is 4.15. The minimum absolute atomic E-state index is 0.103. The molecule has 6 nitrogen and oxygen atoms in total. The lowest BCUT2D eigenvalue weighted by Gasteiger charge is -2.12. The summed E-state index contributed by atoms with van der Waals surface area (Å²) < 4.78 is 0. The number of H-pyrrole nitrogens is 1. The fourth-order valence-corrected chi connectivity index (χ4v) is 2.68. The van der Waals surface area contributed by atoms with Gasteiger partial charge in [-0.2, -0.15) is 0 Å². The summed E-state index contributed by atoms with van der Waals surface area (Å²) in [7, 11) is 0. The van der Waals surface area contributed by atoms with Gasteiger partial charge < -0.3 is 15.6 Å². The van der Waals surface area contributed by atoms with Crippen LogP contribution < -0.4 is 16.2 Å². The number of aryl methyl sites for hydroxylation is 1. The zero-order valence-corrected chi connectivity index (χ0v) is 12.4. The molecule has 3 N–H and O–H groups in total. The standard InChI is InChI=1S/C16H17N3O3/c1-8-9(2)15(21)19-13-7-10(3-4-11(8)13)17-16(22)12-5-6-14(20)18-12/h3-4,7,12H,5-6H2,1-2H3,(H,17,22)(H,18,20)(H,19,21). The molecule has 2 aromatic rings. The molecule has 114 valence electrons. The minimum atomic E-state index is -0.484. The van der Waals surface area contributed by atoms with Crippen LogP contribution in [-0.2, 0) is 9.59 Å². The second-order valence-corrected chi connectivity index (χ2v) is 5.61. The van der Waals surface area contributed by atoms with E-state index in [4.69, 9.17) is 0 Å².